The van der Waals surface area contributed by atoms with Crippen molar-refractivity contribution in [3.05, 3.63) is 29.8 Å². The number of hydrogen-bond acceptors (Lipinski definition) is 5. The van der Waals surface area contributed by atoms with Crippen molar-refractivity contribution in [2.24, 2.45) is 11.8 Å². The smallest absolute Gasteiger partial charge is 0.319 e. The average molecular weight is 416 g/mol. The Hall–Kier alpha value is -1.96. The van der Waals surface area contributed by atoms with E-state index >= 15 is 0 Å². The van der Waals surface area contributed by atoms with Crippen molar-refractivity contribution >= 4 is 17.5 Å². The van der Waals surface area contributed by atoms with Crippen LogP contribution in [0.3, 0.4) is 0 Å². The summed E-state index contributed by atoms with van der Waals surface area (Å²) in [6, 6.07) is 7.24. The van der Waals surface area contributed by atoms with Crippen molar-refractivity contribution in [3.8, 4) is 0 Å². The summed E-state index contributed by atoms with van der Waals surface area (Å²) < 4.78 is 0. The molecule has 0 spiro atoms. The van der Waals surface area contributed by atoms with E-state index in [4.69, 9.17) is 0 Å². The molecule has 3 aliphatic rings. The van der Waals surface area contributed by atoms with E-state index in [-0.39, 0.29) is 11.8 Å². The van der Waals surface area contributed by atoms with Crippen molar-refractivity contribution in [2.45, 2.75) is 25.8 Å². The molecule has 0 saturated carbocycles. The van der Waals surface area contributed by atoms with Crippen LogP contribution in [-0.2, 0) is 0 Å². The van der Waals surface area contributed by atoms with E-state index in [0.717, 1.165) is 44.6 Å². The SMILES string of the molecule is CC(=O)c1ccc(NC(=O)NCC2CC3CCN2CC3CN(C)CCN(C)C)cc1. The van der Waals surface area contributed by atoms with Gasteiger partial charge < -0.3 is 20.4 Å². The van der Waals surface area contributed by atoms with Crippen molar-refractivity contribution in [2.75, 3.05) is 65.7 Å². The van der Waals surface area contributed by atoms with Crippen LogP contribution < -0.4 is 10.6 Å². The molecule has 166 valence electrons. The Kier molecular flexibility index (Phi) is 7.86. The number of Topliss-reactive ketones (excluding diaryl/α,β-unsaturated/α-hetero) is 1. The second-order valence-corrected chi connectivity index (χ2v) is 9.23. The molecule has 3 saturated heterocycles. The van der Waals surface area contributed by atoms with E-state index in [9.17, 15) is 9.59 Å². The van der Waals surface area contributed by atoms with Crippen LogP contribution in [0.5, 0.6) is 0 Å². The van der Waals surface area contributed by atoms with Crippen molar-refractivity contribution in [1.29, 1.82) is 0 Å². The van der Waals surface area contributed by atoms with Crippen LogP contribution in [0.2, 0.25) is 0 Å². The van der Waals surface area contributed by atoms with Gasteiger partial charge in [0.2, 0.25) is 0 Å². The number of rotatable bonds is 9. The zero-order chi connectivity index (χ0) is 21.7. The molecular weight excluding hydrogens is 378 g/mol. The first-order valence-corrected chi connectivity index (χ1v) is 11.0. The summed E-state index contributed by atoms with van der Waals surface area (Å²) in [6.45, 7) is 7.85. The summed E-state index contributed by atoms with van der Waals surface area (Å²) in [5, 5.41) is 5.90. The van der Waals surface area contributed by atoms with Crippen LogP contribution >= 0.6 is 0 Å². The van der Waals surface area contributed by atoms with Gasteiger partial charge in [0.05, 0.1) is 0 Å². The molecule has 7 nitrogen and oxygen atoms in total. The lowest BCUT2D eigenvalue weighted by molar-refractivity contribution is -0.00849. The number of carbonyl (C=O) groups is 2. The molecule has 0 aliphatic carbocycles. The lowest BCUT2D eigenvalue weighted by Crippen LogP contribution is -2.58. The van der Waals surface area contributed by atoms with Gasteiger partial charge in [0.1, 0.15) is 0 Å². The Balaban J connectivity index is 1.42. The summed E-state index contributed by atoms with van der Waals surface area (Å²) >= 11 is 0. The van der Waals surface area contributed by atoms with Gasteiger partial charge in [-0.25, -0.2) is 4.79 Å². The van der Waals surface area contributed by atoms with Gasteiger partial charge in [0, 0.05) is 50.0 Å². The number of fused-ring (bicyclic) bond motifs is 3. The Bertz CT molecular complexity index is 721. The first kappa shape index (κ1) is 22.7. The number of ketones is 1. The zero-order valence-corrected chi connectivity index (χ0v) is 18.9. The zero-order valence-electron chi connectivity index (χ0n) is 18.9. The topological polar surface area (TPSA) is 67.9 Å². The fourth-order valence-electron chi connectivity index (χ4n) is 4.71. The monoisotopic (exact) mass is 415 g/mol. The van der Waals surface area contributed by atoms with Crippen LogP contribution in [-0.4, -0.2) is 93.0 Å². The number of piperidine rings is 3. The summed E-state index contributed by atoms with van der Waals surface area (Å²) in [4.78, 5) is 30.9. The fraction of sp³-hybridized carbons (Fsp3) is 0.652. The van der Waals surface area contributed by atoms with Crippen molar-refractivity contribution in [1.82, 2.24) is 20.0 Å². The number of carbonyl (C=O) groups excluding carboxylic acids is 2. The number of likely N-dealkylation sites (N-methyl/N-ethyl adjacent to an activating group) is 2. The largest absolute Gasteiger partial charge is 0.336 e. The molecule has 1 aromatic carbocycles. The number of benzene rings is 1. The maximum atomic E-state index is 12.3. The first-order valence-electron chi connectivity index (χ1n) is 11.0. The van der Waals surface area contributed by atoms with Crippen molar-refractivity contribution < 1.29 is 9.59 Å². The van der Waals surface area contributed by atoms with E-state index < -0.39 is 0 Å². The molecule has 0 aromatic heterocycles. The summed E-state index contributed by atoms with van der Waals surface area (Å²) in [5.41, 5.74) is 1.35. The average Bonchev–Trinajstić information content (AvgIpc) is 2.72. The lowest BCUT2D eigenvalue weighted by atomic mass is 9.75. The van der Waals surface area contributed by atoms with E-state index in [1.165, 1.54) is 19.8 Å². The third-order valence-corrected chi connectivity index (χ3v) is 6.54. The Morgan fingerprint density at radius 3 is 2.47 bits per heavy atom. The van der Waals surface area contributed by atoms with Crippen LogP contribution in [0.4, 0.5) is 10.5 Å². The standard InChI is InChI=1S/C23H37N5O2/c1-17(29)18-5-7-21(8-6-18)25-23(30)24-14-22-13-19-9-10-28(22)16-20(19)15-27(4)12-11-26(2)3/h5-8,19-20,22H,9-16H2,1-4H3,(H2,24,25,30). The number of nitrogens with one attached hydrogen (secondary N) is 2. The third-order valence-electron chi connectivity index (χ3n) is 6.54. The van der Waals surface area contributed by atoms with Gasteiger partial charge in [-0.3, -0.25) is 9.69 Å². The molecule has 4 rings (SSSR count). The highest BCUT2D eigenvalue weighted by atomic mass is 16.2. The molecule has 3 fully saturated rings. The fourth-order valence-corrected chi connectivity index (χ4v) is 4.71. The highest BCUT2D eigenvalue weighted by molar-refractivity contribution is 5.95. The van der Waals surface area contributed by atoms with Crippen LogP contribution in [0, 0.1) is 11.8 Å². The maximum Gasteiger partial charge on any atom is 0.319 e. The number of amides is 2. The predicted molar refractivity (Wildman–Crippen MR) is 121 cm³/mol. The number of nitrogens with zero attached hydrogens (tertiary/aromatic N) is 3. The number of hydrogen-bond donors (Lipinski definition) is 2. The molecule has 2 bridgehead atoms. The van der Waals surface area contributed by atoms with Gasteiger partial charge in [0.15, 0.2) is 5.78 Å². The Morgan fingerprint density at radius 1 is 1.13 bits per heavy atom. The highest BCUT2D eigenvalue weighted by Gasteiger charge is 2.40. The minimum absolute atomic E-state index is 0.0228. The van der Waals surface area contributed by atoms with Gasteiger partial charge in [-0.15, -0.1) is 0 Å². The third kappa shape index (κ3) is 6.27. The molecule has 30 heavy (non-hydrogen) atoms. The number of anilines is 1. The molecule has 3 aliphatic heterocycles. The van der Waals surface area contributed by atoms with Gasteiger partial charge in [-0.1, -0.05) is 0 Å². The van der Waals surface area contributed by atoms with E-state index in [1.807, 2.05) is 0 Å². The van der Waals surface area contributed by atoms with Crippen molar-refractivity contribution in [3.63, 3.8) is 0 Å². The van der Waals surface area contributed by atoms with Gasteiger partial charge in [0.25, 0.3) is 0 Å². The molecule has 4 atom stereocenters. The highest BCUT2D eigenvalue weighted by Crippen LogP contribution is 2.36. The lowest BCUT2D eigenvalue weighted by Gasteiger charge is -2.50. The molecular formula is C23H37N5O2. The second kappa shape index (κ2) is 10.4. The minimum Gasteiger partial charge on any atom is -0.336 e. The van der Waals surface area contributed by atoms with E-state index in [0.29, 0.717) is 23.8 Å². The van der Waals surface area contributed by atoms with E-state index in [1.54, 1.807) is 24.3 Å². The Labute approximate surface area is 180 Å². The molecule has 3 heterocycles. The predicted octanol–water partition coefficient (Wildman–Crippen LogP) is 2.21. The minimum atomic E-state index is -0.187. The van der Waals surface area contributed by atoms with Crippen LogP contribution in [0.1, 0.15) is 30.1 Å². The molecule has 0 radical (unpaired) electrons. The van der Waals surface area contributed by atoms with Gasteiger partial charge in [-0.05, 0) is 83.6 Å². The first-order chi connectivity index (χ1) is 14.3. The number of urea groups is 1. The van der Waals surface area contributed by atoms with Crippen LogP contribution in [0.25, 0.3) is 0 Å². The van der Waals surface area contributed by atoms with E-state index in [2.05, 4.69) is 46.5 Å². The quantitative estimate of drug-likeness (QED) is 0.606. The Morgan fingerprint density at radius 2 is 1.87 bits per heavy atom. The normalized spacial score (nSPS) is 25.5. The van der Waals surface area contributed by atoms with Gasteiger partial charge in [-0.2, -0.15) is 0 Å². The maximum absolute atomic E-state index is 12.3. The van der Waals surface area contributed by atoms with Gasteiger partial charge >= 0.3 is 6.03 Å². The van der Waals surface area contributed by atoms with Crippen LogP contribution in [0.15, 0.2) is 24.3 Å². The second-order valence-electron chi connectivity index (χ2n) is 9.23. The summed E-state index contributed by atoms with van der Waals surface area (Å²) in [6.07, 6.45) is 2.44. The molecule has 4 unspecified atom stereocenters. The summed E-state index contributed by atoms with van der Waals surface area (Å²) in [7, 11) is 6.47. The summed E-state index contributed by atoms with van der Waals surface area (Å²) in [5.74, 6) is 1.51. The molecule has 2 amide bonds. The molecule has 7 heteroatoms. The molecule has 2 N–H and O–H groups in total. The molecule has 1 aromatic rings.